The first-order valence-electron chi connectivity index (χ1n) is 4.34. The Bertz CT molecular complexity index is 226. The first kappa shape index (κ1) is 7.77. The fourth-order valence-corrected chi connectivity index (χ4v) is 2.34. The number of esters is 1. The first-order chi connectivity index (χ1) is 5.74. The van der Waals surface area contributed by atoms with Gasteiger partial charge < -0.3 is 4.74 Å². The molecule has 2 aliphatic carbocycles. The van der Waals surface area contributed by atoms with Gasteiger partial charge in [0.2, 0.25) is 0 Å². The fraction of sp³-hybridized carbons (Fsp3) is 0.778. The van der Waals surface area contributed by atoms with Gasteiger partial charge in [0, 0.05) is 6.42 Å². The van der Waals surface area contributed by atoms with Gasteiger partial charge in [-0.15, -0.1) is 0 Å². The molecule has 0 aliphatic heterocycles. The SMILES string of the molecule is COC(=O)C1C(=O)C[C@@H]2CC[C@H]12. The van der Waals surface area contributed by atoms with Gasteiger partial charge in [0.25, 0.3) is 0 Å². The van der Waals surface area contributed by atoms with Crippen LogP contribution in [0.3, 0.4) is 0 Å². The van der Waals surface area contributed by atoms with Gasteiger partial charge in [0.05, 0.1) is 7.11 Å². The van der Waals surface area contributed by atoms with Gasteiger partial charge >= 0.3 is 5.97 Å². The molecule has 2 rings (SSSR count). The smallest absolute Gasteiger partial charge is 0.316 e. The quantitative estimate of drug-likeness (QED) is 0.429. The number of hydrogen-bond donors (Lipinski definition) is 0. The van der Waals surface area contributed by atoms with Gasteiger partial charge in [-0.05, 0) is 24.7 Å². The Morgan fingerprint density at radius 1 is 1.50 bits per heavy atom. The summed E-state index contributed by atoms with van der Waals surface area (Å²) in [5, 5.41) is 0. The Labute approximate surface area is 71.1 Å². The van der Waals surface area contributed by atoms with Crippen molar-refractivity contribution < 1.29 is 14.3 Å². The lowest BCUT2D eigenvalue weighted by Gasteiger charge is -2.31. The van der Waals surface area contributed by atoms with Gasteiger partial charge in [0.15, 0.2) is 0 Å². The molecule has 12 heavy (non-hydrogen) atoms. The van der Waals surface area contributed by atoms with E-state index in [1.807, 2.05) is 0 Å². The molecule has 66 valence electrons. The highest BCUT2D eigenvalue weighted by Gasteiger charge is 2.51. The van der Waals surface area contributed by atoms with Crippen LogP contribution in [0.25, 0.3) is 0 Å². The van der Waals surface area contributed by atoms with Gasteiger partial charge in [-0.2, -0.15) is 0 Å². The van der Waals surface area contributed by atoms with E-state index in [9.17, 15) is 9.59 Å². The summed E-state index contributed by atoms with van der Waals surface area (Å²) in [6, 6.07) is 0. The highest BCUT2D eigenvalue weighted by atomic mass is 16.5. The molecule has 0 bridgehead atoms. The zero-order chi connectivity index (χ0) is 8.72. The molecule has 0 N–H and O–H groups in total. The summed E-state index contributed by atoms with van der Waals surface area (Å²) >= 11 is 0. The standard InChI is InChI=1S/C9H12O3/c1-12-9(11)8-6-3-2-5(6)4-7(8)10/h5-6,8H,2-4H2,1H3/t5-,6-,8?/m0/s1. The Balaban J connectivity index is 2.13. The Hall–Kier alpha value is -0.860. The van der Waals surface area contributed by atoms with Crippen molar-refractivity contribution in [3.63, 3.8) is 0 Å². The number of carbonyl (C=O) groups excluding carboxylic acids is 2. The molecule has 0 radical (unpaired) electrons. The minimum atomic E-state index is -0.422. The summed E-state index contributed by atoms with van der Waals surface area (Å²) in [5.41, 5.74) is 0. The van der Waals surface area contributed by atoms with Crippen molar-refractivity contribution in [1.29, 1.82) is 0 Å². The lowest BCUT2D eigenvalue weighted by molar-refractivity contribution is -0.150. The summed E-state index contributed by atoms with van der Waals surface area (Å²) in [7, 11) is 1.35. The summed E-state index contributed by atoms with van der Waals surface area (Å²) in [6.45, 7) is 0. The molecule has 2 saturated carbocycles. The highest BCUT2D eigenvalue weighted by molar-refractivity contribution is 6.01. The number of fused-ring (bicyclic) bond motifs is 1. The van der Waals surface area contributed by atoms with E-state index in [2.05, 4.69) is 4.74 Å². The molecule has 0 aromatic heterocycles. The second-order valence-electron chi connectivity index (χ2n) is 3.67. The molecule has 3 heteroatoms. The maximum absolute atomic E-state index is 11.3. The molecule has 0 heterocycles. The Morgan fingerprint density at radius 3 is 2.67 bits per heavy atom. The molecule has 0 amide bonds. The van der Waals surface area contributed by atoms with E-state index in [-0.39, 0.29) is 11.8 Å². The van der Waals surface area contributed by atoms with E-state index >= 15 is 0 Å². The Morgan fingerprint density at radius 2 is 2.25 bits per heavy atom. The molecular weight excluding hydrogens is 156 g/mol. The predicted octanol–water partition coefficient (Wildman–Crippen LogP) is 0.775. The second-order valence-corrected chi connectivity index (χ2v) is 3.67. The molecule has 3 atom stereocenters. The van der Waals surface area contributed by atoms with E-state index in [1.165, 1.54) is 7.11 Å². The third kappa shape index (κ3) is 0.886. The topological polar surface area (TPSA) is 43.4 Å². The zero-order valence-corrected chi connectivity index (χ0v) is 7.08. The summed E-state index contributed by atoms with van der Waals surface area (Å²) in [6.07, 6.45) is 2.74. The number of ether oxygens (including phenoxy) is 1. The van der Waals surface area contributed by atoms with Gasteiger partial charge in [-0.3, -0.25) is 9.59 Å². The van der Waals surface area contributed by atoms with Crippen molar-refractivity contribution in [2.24, 2.45) is 17.8 Å². The van der Waals surface area contributed by atoms with Crippen LogP contribution in [-0.4, -0.2) is 18.9 Å². The number of methoxy groups -OCH3 is 1. The summed E-state index contributed by atoms with van der Waals surface area (Å²) in [5.74, 6) is 0.141. The molecule has 2 fully saturated rings. The normalized spacial score (nSPS) is 38.8. The van der Waals surface area contributed by atoms with Crippen molar-refractivity contribution in [2.75, 3.05) is 7.11 Å². The van der Waals surface area contributed by atoms with Crippen LogP contribution in [0.15, 0.2) is 0 Å². The fourth-order valence-electron chi connectivity index (χ4n) is 2.34. The lowest BCUT2D eigenvalue weighted by atomic mass is 9.73. The average Bonchev–Trinajstić information content (AvgIpc) is 2.25. The maximum Gasteiger partial charge on any atom is 0.316 e. The lowest BCUT2D eigenvalue weighted by Crippen LogP contribution is -2.32. The molecule has 0 saturated heterocycles. The van der Waals surface area contributed by atoms with Crippen LogP contribution in [0.5, 0.6) is 0 Å². The zero-order valence-electron chi connectivity index (χ0n) is 7.08. The van der Waals surface area contributed by atoms with Crippen LogP contribution < -0.4 is 0 Å². The predicted molar refractivity (Wildman–Crippen MR) is 41.3 cm³/mol. The number of rotatable bonds is 1. The van der Waals surface area contributed by atoms with E-state index in [0.717, 1.165) is 12.8 Å². The second kappa shape index (κ2) is 2.57. The number of Topliss-reactive ketones (excluding diaryl/α,β-unsaturated/α-hetero) is 1. The van der Waals surface area contributed by atoms with Crippen LogP contribution >= 0.6 is 0 Å². The average molecular weight is 168 g/mol. The third-order valence-corrected chi connectivity index (χ3v) is 3.17. The molecule has 3 nitrogen and oxygen atoms in total. The van der Waals surface area contributed by atoms with Crippen molar-refractivity contribution in [3.05, 3.63) is 0 Å². The van der Waals surface area contributed by atoms with Crippen LogP contribution in [0, 0.1) is 17.8 Å². The van der Waals surface area contributed by atoms with E-state index in [0.29, 0.717) is 18.3 Å². The maximum atomic E-state index is 11.3. The molecule has 0 aromatic carbocycles. The highest BCUT2D eigenvalue weighted by Crippen LogP contribution is 2.48. The molecule has 1 unspecified atom stereocenters. The monoisotopic (exact) mass is 168 g/mol. The van der Waals surface area contributed by atoms with Gasteiger partial charge in [-0.1, -0.05) is 0 Å². The summed E-state index contributed by atoms with van der Waals surface area (Å²) in [4.78, 5) is 22.5. The minimum Gasteiger partial charge on any atom is -0.468 e. The van der Waals surface area contributed by atoms with Crippen LogP contribution in [-0.2, 0) is 14.3 Å². The van der Waals surface area contributed by atoms with Gasteiger partial charge in [0.1, 0.15) is 11.7 Å². The minimum absolute atomic E-state index is 0.0920. The van der Waals surface area contributed by atoms with Crippen molar-refractivity contribution in [3.8, 4) is 0 Å². The van der Waals surface area contributed by atoms with Crippen LogP contribution in [0.4, 0.5) is 0 Å². The summed E-state index contributed by atoms with van der Waals surface area (Å²) < 4.78 is 4.60. The van der Waals surface area contributed by atoms with Crippen molar-refractivity contribution >= 4 is 11.8 Å². The Kier molecular flexibility index (Phi) is 1.67. The third-order valence-electron chi connectivity index (χ3n) is 3.17. The van der Waals surface area contributed by atoms with Gasteiger partial charge in [-0.25, -0.2) is 0 Å². The molecule has 0 spiro atoms. The number of hydrogen-bond acceptors (Lipinski definition) is 3. The molecule has 2 aliphatic rings. The van der Waals surface area contributed by atoms with E-state index in [4.69, 9.17) is 0 Å². The van der Waals surface area contributed by atoms with Crippen molar-refractivity contribution in [1.82, 2.24) is 0 Å². The van der Waals surface area contributed by atoms with Crippen molar-refractivity contribution in [2.45, 2.75) is 19.3 Å². The van der Waals surface area contributed by atoms with Crippen LogP contribution in [0.2, 0.25) is 0 Å². The largest absolute Gasteiger partial charge is 0.468 e. The van der Waals surface area contributed by atoms with E-state index < -0.39 is 5.92 Å². The van der Waals surface area contributed by atoms with Crippen LogP contribution in [0.1, 0.15) is 19.3 Å². The number of carbonyl (C=O) groups is 2. The number of ketones is 1. The molecular formula is C9H12O3. The van der Waals surface area contributed by atoms with E-state index in [1.54, 1.807) is 0 Å². The molecule has 0 aromatic rings. The first-order valence-corrected chi connectivity index (χ1v) is 4.34.